The van der Waals surface area contributed by atoms with E-state index < -0.39 is 17.7 Å². The number of aryl methyl sites for hydroxylation is 2. The Bertz CT molecular complexity index is 1930. The lowest BCUT2D eigenvalue weighted by molar-refractivity contribution is -0.166. The number of aromatic nitrogens is 3. The first-order chi connectivity index (χ1) is 22.0. The second-order valence-electron chi connectivity index (χ2n) is 13.3. The molecule has 3 aromatic carbocycles. The Morgan fingerprint density at radius 2 is 1.78 bits per heavy atom. The molecule has 5 aromatic rings. The summed E-state index contributed by atoms with van der Waals surface area (Å²) in [6.07, 6.45) is 1.46. The molecule has 0 aliphatic carbocycles. The SMILES string of the molecule is CCOC(=O)[C@@H](OC(C)(C)C)c1c(C)cc2nc(-c3ccc4c(c3)c(N3C5CCC3CNC5)nn4C)sc2c1-c1ccc(Cl)cc1. The molecule has 2 fully saturated rings. The van der Waals surface area contributed by atoms with Gasteiger partial charge in [-0.25, -0.2) is 9.78 Å². The van der Waals surface area contributed by atoms with Crippen molar-refractivity contribution in [3.8, 4) is 21.7 Å². The zero-order valence-corrected chi connectivity index (χ0v) is 28.8. The van der Waals surface area contributed by atoms with Crippen LogP contribution in [0.4, 0.5) is 5.82 Å². The minimum absolute atomic E-state index is 0.263. The molecule has 46 heavy (non-hydrogen) atoms. The fourth-order valence-electron chi connectivity index (χ4n) is 7.07. The van der Waals surface area contributed by atoms with E-state index in [9.17, 15) is 4.79 Å². The van der Waals surface area contributed by atoms with Crippen LogP contribution in [0.15, 0.2) is 48.5 Å². The average molecular weight is 658 g/mol. The Kier molecular flexibility index (Phi) is 8.08. The molecule has 2 saturated heterocycles. The van der Waals surface area contributed by atoms with Gasteiger partial charge in [0.05, 0.1) is 27.9 Å². The lowest BCUT2D eigenvalue weighted by atomic mass is 9.91. The molecule has 2 bridgehead atoms. The number of esters is 1. The van der Waals surface area contributed by atoms with Crippen LogP contribution in [0, 0.1) is 6.92 Å². The minimum Gasteiger partial charge on any atom is -0.464 e. The van der Waals surface area contributed by atoms with Crippen LogP contribution >= 0.6 is 22.9 Å². The molecule has 240 valence electrons. The lowest BCUT2D eigenvalue weighted by Crippen LogP contribution is -2.52. The van der Waals surface area contributed by atoms with Gasteiger partial charge in [0.25, 0.3) is 0 Å². The second kappa shape index (κ2) is 11.9. The Hall–Kier alpha value is -3.50. The van der Waals surface area contributed by atoms with Crippen molar-refractivity contribution in [3.05, 3.63) is 64.7 Å². The monoisotopic (exact) mass is 657 g/mol. The molecule has 0 radical (unpaired) electrons. The predicted molar refractivity (Wildman–Crippen MR) is 187 cm³/mol. The Morgan fingerprint density at radius 3 is 2.46 bits per heavy atom. The maximum absolute atomic E-state index is 13.5. The van der Waals surface area contributed by atoms with Gasteiger partial charge < -0.3 is 19.7 Å². The van der Waals surface area contributed by atoms with E-state index in [2.05, 4.69) is 34.5 Å². The van der Waals surface area contributed by atoms with Gasteiger partial charge in [-0.3, -0.25) is 4.68 Å². The first-order valence-electron chi connectivity index (χ1n) is 16.0. The van der Waals surface area contributed by atoms with Gasteiger partial charge in [-0.1, -0.05) is 23.7 Å². The summed E-state index contributed by atoms with van der Waals surface area (Å²) in [7, 11) is 2.02. The number of fused-ring (bicyclic) bond motifs is 4. The van der Waals surface area contributed by atoms with Crippen molar-refractivity contribution >= 4 is 55.8 Å². The third-order valence-corrected chi connectivity index (χ3v) is 10.4. The third kappa shape index (κ3) is 5.57. The summed E-state index contributed by atoms with van der Waals surface area (Å²) in [5.41, 5.74) is 5.99. The van der Waals surface area contributed by atoms with Gasteiger partial charge in [0.15, 0.2) is 11.9 Å². The van der Waals surface area contributed by atoms with Crippen LogP contribution in [0.1, 0.15) is 57.8 Å². The summed E-state index contributed by atoms with van der Waals surface area (Å²) in [6, 6.07) is 17.3. The van der Waals surface area contributed by atoms with E-state index >= 15 is 0 Å². The number of carbonyl (C=O) groups is 1. The van der Waals surface area contributed by atoms with Crippen molar-refractivity contribution in [2.24, 2.45) is 7.05 Å². The zero-order chi connectivity index (χ0) is 32.3. The quantitative estimate of drug-likeness (QED) is 0.179. The average Bonchev–Trinajstić information content (AvgIpc) is 3.65. The molecule has 1 N–H and O–H groups in total. The topological polar surface area (TPSA) is 81.5 Å². The highest BCUT2D eigenvalue weighted by Crippen LogP contribution is 2.45. The Labute approximate surface area is 278 Å². The molecule has 2 aromatic heterocycles. The fraction of sp³-hybridized carbons (Fsp3) is 0.417. The molecule has 0 amide bonds. The maximum Gasteiger partial charge on any atom is 0.339 e. The number of halogens is 1. The van der Waals surface area contributed by atoms with Gasteiger partial charge in [0, 0.05) is 59.3 Å². The normalized spacial score (nSPS) is 18.9. The van der Waals surface area contributed by atoms with Crippen LogP contribution in [0.3, 0.4) is 0 Å². The number of nitrogens with one attached hydrogen (secondary N) is 1. The highest BCUT2D eigenvalue weighted by atomic mass is 35.5. The van der Waals surface area contributed by atoms with E-state index in [4.69, 9.17) is 31.2 Å². The van der Waals surface area contributed by atoms with Crippen molar-refractivity contribution in [1.82, 2.24) is 20.1 Å². The van der Waals surface area contributed by atoms with Crippen molar-refractivity contribution in [3.63, 3.8) is 0 Å². The van der Waals surface area contributed by atoms with Crippen molar-refractivity contribution in [2.75, 3.05) is 24.6 Å². The Balaban J connectivity index is 1.41. The molecule has 7 rings (SSSR count). The molecule has 8 nitrogen and oxygen atoms in total. The highest BCUT2D eigenvalue weighted by Gasteiger charge is 2.39. The molecule has 0 saturated carbocycles. The molecule has 2 aliphatic rings. The number of hydrogen-bond donors (Lipinski definition) is 1. The van der Waals surface area contributed by atoms with Crippen LogP contribution in [-0.2, 0) is 21.3 Å². The van der Waals surface area contributed by atoms with Crippen molar-refractivity contribution in [1.29, 1.82) is 0 Å². The fourth-order valence-corrected chi connectivity index (χ4v) is 8.31. The standard InChI is InChI=1S/C36H40ClN5O3S/c1-7-44-35(43)31(45-36(3,4)5)29-20(2)16-27-32(30(29)21-8-11-23(37)12-9-21)46-34(39-27)22-10-15-28-26(17-22)33(40-41(28)6)42-24-13-14-25(42)19-38-18-24/h8-12,15-17,24-25,31,38H,7,13-14,18-19H2,1-6H3/t24?,25?,31-/m0/s1. The summed E-state index contributed by atoms with van der Waals surface area (Å²) in [5.74, 6) is 0.655. The van der Waals surface area contributed by atoms with Crippen LogP contribution < -0.4 is 10.2 Å². The van der Waals surface area contributed by atoms with Gasteiger partial charge in [0.1, 0.15) is 5.01 Å². The van der Waals surface area contributed by atoms with E-state index in [1.807, 2.05) is 70.6 Å². The van der Waals surface area contributed by atoms with E-state index in [1.165, 1.54) is 12.8 Å². The van der Waals surface area contributed by atoms with E-state index in [0.29, 0.717) is 17.1 Å². The number of anilines is 1. The first-order valence-corrected chi connectivity index (χ1v) is 17.2. The van der Waals surface area contributed by atoms with Crippen LogP contribution in [0.25, 0.3) is 42.8 Å². The number of nitrogens with zero attached hydrogens (tertiary/aromatic N) is 4. The van der Waals surface area contributed by atoms with E-state index in [0.717, 1.165) is 72.9 Å². The Morgan fingerprint density at radius 1 is 1.09 bits per heavy atom. The molecule has 2 aliphatic heterocycles. The first kappa shape index (κ1) is 31.1. The smallest absolute Gasteiger partial charge is 0.339 e. The number of rotatable bonds is 7. The molecule has 3 atom stereocenters. The summed E-state index contributed by atoms with van der Waals surface area (Å²) in [6.45, 7) is 11.9. The molecular weight excluding hydrogens is 618 g/mol. The van der Waals surface area contributed by atoms with Gasteiger partial charge in [-0.05, 0) is 95.0 Å². The van der Waals surface area contributed by atoms with Gasteiger partial charge in [0.2, 0.25) is 0 Å². The number of carbonyl (C=O) groups excluding carboxylic acids is 1. The highest BCUT2D eigenvalue weighted by molar-refractivity contribution is 7.22. The molecule has 0 spiro atoms. The van der Waals surface area contributed by atoms with Crippen molar-refractivity contribution in [2.45, 2.75) is 71.2 Å². The predicted octanol–water partition coefficient (Wildman–Crippen LogP) is 7.84. The van der Waals surface area contributed by atoms with Crippen molar-refractivity contribution < 1.29 is 14.3 Å². The number of benzene rings is 3. The summed E-state index contributed by atoms with van der Waals surface area (Å²) >= 11 is 7.96. The number of piperazine rings is 1. The summed E-state index contributed by atoms with van der Waals surface area (Å²) in [4.78, 5) is 21.2. The third-order valence-electron chi connectivity index (χ3n) is 9.00. The maximum atomic E-state index is 13.5. The van der Waals surface area contributed by atoms with E-state index in [-0.39, 0.29) is 6.61 Å². The van der Waals surface area contributed by atoms with Crippen LogP contribution in [0.2, 0.25) is 5.02 Å². The molecule has 10 heteroatoms. The molecular formula is C36H40ClN5O3S. The molecule has 4 heterocycles. The second-order valence-corrected chi connectivity index (χ2v) is 14.8. The minimum atomic E-state index is -0.913. The summed E-state index contributed by atoms with van der Waals surface area (Å²) in [5, 5.41) is 11.3. The van der Waals surface area contributed by atoms with Crippen LogP contribution in [-0.4, -0.2) is 58.1 Å². The van der Waals surface area contributed by atoms with Gasteiger partial charge >= 0.3 is 5.97 Å². The number of hydrogen-bond acceptors (Lipinski definition) is 8. The lowest BCUT2D eigenvalue weighted by Gasteiger charge is -2.35. The molecule has 2 unspecified atom stereocenters. The van der Waals surface area contributed by atoms with Gasteiger partial charge in [-0.15, -0.1) is 11.3 Å². The summed E-state index contributed by atoms with van der Waals surface area (Å²) < 4.78 is 15.0. The number of thiazole rings is 1. The number of ether oxygens (including phenoxy) is 2. The van der Waals surface area contributed by atoms with Crippen LogP contribution in [0.5, 0.6) is 0 Å². The largest absolute Gasteiger partial charge is 0.464 e. The van der Waals surface area contributed by atoms with Gasteiger partial charge in [-0.2, -0.15) is 5.10 Å². The van der Waals surface area contributed by atoms with E-state index in [1.54, 1.807) is 11.3 Å². The zero-order valence-electron chi connectivity index (χ0n) is 27.2.